The molecule has 0 aromatic heterocycles. The Labute approximate surface area is 79.0 Å². The Kier molecular flexibility index (Phi) is 2.27. The van der Waals surface area contributed by atoms with Crippen LogP contribution in [0.25, 0.3) is 0 Å². The van der Waals surface area contributed by atoms with Crippen LogP contribution in [-0.2, 0) is 0 Å². The minimum absolute atomic E-state index is 0.00958. The number of likely N-dealkylation sites (tertiary alicyclic amines) is 1. The van der Waals surface area contributed by atoms with Crippen LogP contribution in [0.2, 0.25) is 0 Å². The Morgan fingerprint density at radius 2 is 2.31 bits per heavy atom. The summed E-state index contributed by atoms with van der Waals surface area (Å²) in [5, 5.41) is 17.9. The highest BCUT2D eigenvalue weighted by atomic mass is 16.3. The Morgan fingerprint density at radius 1 is 1.54 bits per heavy atom. The van der Waals surface area contributed by atoms with Crippen molar-refractivity contribution < 1.29 is 5.11 Å². The second-order valence-corrected chi connectivity index (χ2v) is 4.46. The molecule has 0 amide bonds. The maximum Gasteiger partial charge on any atom is 0.0703 e. The van der Waals surface area contributed by atoms with Gasteiger partial charge in [-0.3, -0.25) is 0 Å². The largest absolute Gasteiger partial charge is 0.396 e. The lowest BCUT2D eigenvalue weighted by atomic mass is 10.1. The lowest BCUT2D eigenvalue weighted by molar-refractivity contribution is 0.216. The van der Waals surface area contributed by atoms with Gasteiger partial charge in [-0.05, 0) is 31.7 Å². The molecule has 0 aromatic carbocycles. The third kappa shape index (κ3) is 1.84. The zero-order valence-corrected chi connectivity index (χ0v) is 7.87. The Morgan fingerprint density at radius 3 is 2.77 bits per heavy atom. The van der Waals surface area contributed by atoms with Crippen molar-refractivity contribution in [2.45, 2.75) is 19.3 Å². The van der Waals surface area contributed by atoms with Crippen LogP contribution < -0.4 is 0 Å². The second kappa shape index (κ2) is 3.28. The molecule has 0 bridgehead atoms. The number of rotatable bonds is 3. The van der Waals surface area contributed by atoms with Gasteiger partial charge in [-0.15, -0.1) is 0 Å². The highest BCUT2D eigenvalue weighted by Crippen LogP contribution is 2.46. The van der Waals surface area contributed by atoms with Crippen molar-refractivity contribution in [3.63, 3.8) is 0 Å². The summed E-state index contributed by atoms with van der Waals surface area (Å²) in [7, 11) is 0. The molecule has 1 saturated heterocycles. The molecule has 1 N–H and O–H groups in total. The number of nitrogens with zero attached hydrogens (tertiary/aromatic N) is 2. The summed E-state index contributed by atoms with van der Waals surface area (Å²) >= 11 is 0. The van der Waals surface area contributed by atoms with Gasteiger partial charge in [0.2, 0.25) is 0 Å². The molecule has 0 aromatic rings. The summed E-state index contributed by atoms with van der Waals surface area (Å²) in [4.78, 5) is 2.33. The molecular weight excluding hydrogens is 164 g/mol. The van der Waals surface area contributed by atoms with Crippen molar-refractivity contribution >= 4 is 0 Å². The molecule has 2 rings (SSSR count). The zero-order valence-electron chi connectivity index (χ0n) is 7.87. The monoisotopic (exact) mass is 180 g/mol. The normalized spacial score (nSPS) is 31.5. The highest BCUT2D eigenvalue weighted by molar-refractivity contribution is 5.11. The number of aliphatic hydroxyl groups excluding tert-OH is 1. The van der Waals surface area contributed by atoms with Crippen molar-refractivity contribution in [2.24, 2.45) is 11.3 Å². The standard InChI is InChI=1S/C10H16N2O/c11-7-10(2-3-10)8-12-4-1-9(5-12)6-13/h9,13H,1-6,8H2. The van der Waals surface area contributed by atoms with Gasteiger partial charge < -0.3 is 10.0 Å². The maximum atomic E-state index is 8.96. The molecule has 1 aliphatic heterocycles. The van der Waals surface area contributed by atoms with Crippen LogP contribution in [-0.4, -0.2) is 36.2 Å². The molecule has 3 heteroatoms. The average molecular weight is 180 g/mol. The van der Waals surface area contributed by atoms with Gasteiger partial charge in [0.05, 0.1) is 11.5 Å². The number of hydrogen-bond donors (Lipinski definition) is 1. The van der Waals surface area contributed by atoms with Crippen molar-refractivity contribution in [3.8, 4) is 6.07 Å². The number of hydrogen-bond acceptors (Lipinski definition) is 3. The van der Waals surface area contributed by atoms with E-state index in [1.54, 1.807) is 0 Å². The van der Waals surface area contributed by atoms with E-state index >= 15 is 0 Å². The minimum Gasteiger partial charge on any atom is -0.396 e. The average Bonchev–Trinajstić information content (AvgIpc) is 2.77. The Hall–Kier alpha value is -0.590. The topological polar surface area (TPSA) is 47.3 Å². The highest BCUT2D eigenvalue weighted by Gasteiger charge is 2.45. The fraction of sp³-hybridized carbons (Fsp3) is 0.900. The second-order valence-electron chi connectivity index (χ2n) is 4.46. The van der Waals surface area contributed by atoms with Crippen LogP contribution in [0.1, 0.15) is 19.3 Å². The van der Waals surface area contributed by atoms with Crippen molar-refractivity contribution in [2.75, 3.05) is 26.2 Å². The molecule has 1 heterocycles. The van der Waals surface area contributed by atoms with Crippen molar-refractivity contribution in [3.05, 3.63) is 0 Å². The van der Waals surface area contributed by atoms with Gasteiger partial charge in [-0.2, -0.15) is 5.26 Å². The van der Waals surface area contributed by atoms with Gasteiger partial charge in [0.15, 0.2) is 0 Å². The first-order valence-electron chi connectivity index (χ1n) is 5.02. The van der Waals surface area contributed by atoms with Crippen LogP contribution >= 0.6 is 0 Å². The molecule has 2 fully saturated rings. The van der Waals surface area contributed by atoms with Gasteiger partial charge in [0, 0.05) is 19.7 Å². The molecule has 1 aliphatic carbocycles. The van der Waals surface area contributed by atoms with E-state index in [-0.39, 0.29) is 5.41 Å². The molecular formula is C10H16N2O. The quantitative estimate of drug-likeness (QED) is 0.692. The third-order valence-electron chi connectivity index (χ3n) is 3.25. The first-order chi connectivity index (χ1) is 6.28. The van der Waals surface area contributed by atoms with Crippen LogP contribution in [0.4, 0.5) is 0 Å². The maximum absolute atomic E-state index is 8.96. The van der Waals surface area contributed by atoms with E-state index < -0.39 is 0 Å². The predicted molar refractivity (Wildman–Crippen MR) is 48.9 cm³/mol. The summed E-state index contributed by atoms with van der Waals surface area (Å²) in [6, 6.07) is 2.41. The summed E-state index contributed by atoms with van der Waals surface area (Å²) in [6.45, 7) is 3.28. The van der Waals surface area contributed by atoms with Crippen molar-refractivity contribution in [1.82, 2.24) is 4.90 Å². The van der Waals surface area contributed by atoms with E-state index in [1.165, 1.54) is 0 Å². The van der Waals surface area contributed by atoms with E-state index in [1.807, 2.05) is 0 Å². The molecule has 0 spiro atoms. The van der Waals surface area contributed by atoms with Gasteiger partial charge in [0.1, 0.15) is 0 Å². The fourth-order valence-corrected chi connectivity index (χ4v) is 2.09. The molecule has 72 valence electrons. The minimum atomic E-state index is -0.00958. The number of aliphatic hydroxyl groups is 1. The lowest BCUT2D eigenvalue weighted by Gasteiger charge is -2.18. The molecule has 3 nitrogen and oxygen atoms in total. The van der Waals surface area contributed by atoms with E-state index in [0.717, 1.165) is 38.9 Å². The molecule has 0 radical (unpaired) electrons. The van der Waals surface area contributed by atoms with Crippen molar-refractivity contribution in [1.29, 1.82) is 5.26 Å². The zero-order chi connectivity index (χ0) is 9.31. The SMILES string of the molecule is N#CC1(CN2CCC(CO)C2)CC1. The molecule has 1 saturated carbocycles. The van der Waals surface area contributed by atoms with Gasteiger partial charge in [-0.25, -0.2) is 0 Å². The fourth-order valence-electron chi connectivity index (χ4n) is 2.09. The van der Waals surface area contributed by atoms with Gasteiger partial charge >= 0.3 is 0 Å². The smallest absolute Gasteiger partial charge is 0.0703 e. The lowest BCUT2D eigenvalue weighted by Crippen LogP contribution is -2.28. The summed E-state index contributed by atoms with van der Waals surface area (Å²) < 4.78 is 0. The summed E-state index contributed by atoms with van der Waals surface area (Å²) in [5.41, 5.74) is -0.00958. The van der Waals surface area contributed by atoms with E-state index in [2.05, 4.69) is 11.0 Å². The molecule has 1 atom stereocenters. The van der Waals surface area contributed by atoms with Crippen LogP contribution in [0.15, 0.2) is 0 Å². The van der Waals surface area contributed by atoms with Gasteiger partial charge in [0.25, 0.3) is 0 Å². The Balaban J connectivity index is 1.81. The van der Waals surface area contributed by atoms with Crippen LogP contribution in [0.3, 0.4) is 0 Å². The van der Waals surface area contributed by atoms with Crippen LogP contribution in [0, 0.1) is 22.7 Å². The molecule has 2 aliphatic rings. The van der Waals surface area contributed by atoms with E-state index in [4.69, 9.17) is 10.4 Å². The van der Waals surface area contributed by atoms with Crippen LogP contribution in [0.5, 0.6) is 0 Å². The molecule has 13 heavy (non-hydrogen) atoms. The summed E-state index contributed by atoms with van der Waals surface area (Å²) in [6.07, 6.45) is 3.24. The van der Waals surface area contributed by atoms with E-state index in [0.29, 0.717) is 12.5 Å². The third-order valence-corrected chi connectivity index (χ3v) is 3.25. The van der Waals surface area contributed by atoms with Gasteiger partial charge in [-0.1, -0.05) is 0 Å². The first-order valence-corrected chi connectivity index (χ1v) is 5.02. The van der Waals surface area contributed by atoms with E-state index in [9.17, 15) is 0 Å². The predicted octanol–water partition coefficient (Wildman–Crippen LogP) is 0.604. The Bertz CT molecular complexity index is 230. The first kappa shape index (κ1) is 8.98. The number of nitriles is 1. The summed E-state index contributed by atoms with van der Waals surface area (Å²) in [5.74, 6) is 0.453. The molecule has 1 unspecified atom stereocenters.